The number of rotatable bonds is 4. The molecular weight excluding hydrogens is 288 g/mol. The van der Waals surface area contributed by atoms with Crippen molar-refractivity contribution in [3.63, 3.8) is 0 Å². The van der Waals surface area contributed by atoms with Crippen LogP contribution < -0.4 is 5.32 Å². The second kappa shape index (κ2) is 6.17. The molecule has 1 aromatic heterocycles. The van der Waals surface area contributed by atoms with Crippen molar-refractivity contribution in [2.75, 3.05) is 6.61 Å². The summed E-state index contributed by atoms with van der Waals surface area (Å²) < 4.78 is 8.20. The summed E-state index contributed by atoms with van der Waals surface area (Å²) >= 11 is 0. The normalized spacial score (nSPS) is 32.5. The van der Waals surface area contributed by atoms with Gasteiger partial charge in [0.15, 0.2) is 0 Å². The first-order valence-corrected chi connectivity index (χ1v) is 9.52. The van der Waals surface area contributed by atoms with Crippen LogP contribution in [0.2, 0.25) is 0 Å². The summed E-state index contributed by atoms with van der Waals surface area (Å²) in [5.41, 5.74) is 0.381. The number of aryl methyl sites for hydroxylation is 2. The second-order valence-corrected chi connectivity index (χ2v) is 7.63. The molecule has 128 valence electrons. The molecule has 1 aromatic rings. The van der Waals surface area contributed by atoms with Crippen LogP contribution in [0.3, 0.4) is 0 Å². The Hall–Kier alpha value is -0.940. The minimum absolute atomic E-state index is 0.372. The summed E-state index contributed by atoms with van der Waals surface area (Å²) in [7, 11) is 0. The van der Waals surface area contributed by atoms with Gasteiger partial charge in [0.05, 0.1) is 12.1 Å². The highest BCUT2D eigenvalue weighted by Crippen LogP contribution is 2.54. The molecule has 0 radical (unpaired) electrons. The van der Waals surface area contributed by atoms with E-state index in [2.05, 4.69) is 22.0 Å². The van der Waals surface area contributed by atoms with Crippen LogP contribution in [0.1, 0.15) is 76.0 Å². The van der Waals surface area contributed by atoms with Crippen LogP contribution in [0.5, 0.6) is 0 Å². The molecule has 2 aliphatic carbocycles. The molecule has 2 fully saturated rings. The lowest BCUT2D eigenvalue weighted by molar-refractivity contribution is -0.152. The quantitative estimate of drug-likeness (QED) is 0.926. The van der Waals surface area contributed by atoms with Crippen molar-refractivity contribution in [2.45, 2.75) is 89.9 Å². The summed E-state index contributed by atoms with van der Waals surface area (Å²) in [5.74, 6) is 2.06. The Morgan fingerprint density at radius 1 is 1.26 bits per heavy atom. The predicted molar refractivity (Wildman–Crippen MR) is 89.2 cm³/mol. The fraction of sp³-hybridized carbons (Fsp3) is 0.889. The van der Waals surface area contributed by atoms with Crippen molar-refractivity contribution in [3.05, 3.63) is 11.6 Å². The molecule has 0 amide bonds. The SMILES string of the molecule is CCO[C@@H]1C[C@@H](N[C@H]2CCCn3nc(C)nc32)C12CCCCC2. The van der Waals surface area contributed by atoms with Crippen molar-refractivity contribution < 1.29 is 4.74 Å². The van der Waals surface area contributed by atoms with E-state index in [0.717, 1.165) is 31.2 Å². The first kappa shape index (κ1) is 15.6. The molecule has 0 bridgehead atoms. The lowest BCUT2D eigenvalue weighted by atomic mass is 9.55. The maximum Gasteiger partial charge on any atom is 0.147 e. The van der Waals surface area contributed by atoms with Crippen LogP contribution in [0.15, 0.2) is 0 Å². The predicted octanol–water partition coefficient (Wildman–Crippen LogP) is 3.14. The zero-order valence-electron chi connectivity index (χ0n) is 14.6. The van der Waals surface area contributed by atoms with Crippen molar-refractivity contribution >= 4 is 0 Å². The van der Waals surface area contributed by atoms with Gasteiger partial charge in [0.2, 0.25) is 0 Å². The first-order chi connectivity index (χ1) is 11.2. The maximum atomic E-state index is 6.09. The molecule has 0 aromatic carbocycles. The van der Waals surface area contributed by atoms with E-state index in [1.54, 1.807) is 0 Å². The monoisotopic (exact) mass is 318 g/mol. The van der Waals surface area contributed by atoms with E-state index in [1.165, 1.54) is 44.9 Å². The van der Waals surface area contributed by atoms with Gasteiger partial charge in [-0.1, -0.05) is 19.3 Å². The lowest BCUT2D eigenvalue weighted by Gasteiger charge is -2.58. The molecule has 5 heteroatoms. The van der Waals surface area contributed by atoms with E-state index in [0.29, 0.717) is 23.6 Å². The molecule has 1 N–H and O–H groups in total. The van der Waals surface area contributed by atoms with Gasteiger partial charge in [-0.2, -0.15) is 5.10 Å². The Morgan fingerprint density at radius 3 is 2.87 bits per heavy atom. The average Bonchev–Trinajstić information content (AvgIpc) is 2.96. The van der Waals surface area contributed by atoms with E-state index >= 15 is 0 Å². The first-order valence-electron chi connectivity index (χ1n) is 9.52. The number of nitrogens with zero attached hydrogens (tertiary/aromatic N) is 3. The van der Waals surface area contributed by atoms with Gasteiger partial charge >= 0.3 is 0 Å². The van der Waals surface area contributed by atoms with E-state index < -0.39 is 0 Å². The highest BCUT2D eigenvalue weighted by Gasteiger charge is 2.56. The third-order valence-electron chi connectivity index (χ3n) is 6.32. The van der Waals surface area contributed by atoms with Gasteiger partial charge in [0.1, 0.15) is 11.6 Å². The lowest BCUT2D eigenvalue weighted by Crippen LogP contribution is -2.65. The molecule has 2 heterocycles. The zero-order valence-corrected chi connectivity index (χ0v) is 14.6. The Labute approximate surface area is 139 Å². The molecule has 23 heavy (non-hydrogen) atoms. The fourth-order valence-corrected chi connectivity index (χ4v) is 5.17. The summed E-state index contributed by atoms with van der Waals surface area (Å²) in [6.07, 6.45) is 10.8. The van der Waals surface area contributed by atoms with Crippen LogP contribution >= 0.6 is 0 Å². The Morgan fingerprint density at radius 2 is 2.09 bits per heavy atom. The van der Waals surface area contributed by atoms with Crippen LogP contribution in [0, 0.1) is 12.3 Å². The van der Waals surface area contributed by atoms with Crippen molar-refractivity contribution in [1.29, 1.82) is 0 Å². The molecule has 5 nitrogen and oxygen atoms in total. The van der Waals surface area contributed by atoms with Gasteiger partial charge in [-0.15, -0.1) is 0 Å². The highest BCUT2D eigenvalue weighted by molar-refractivity contribution is 5.12. The van der Waals surface area contributed by atoms with E-state index in [-0.39, 0.29) is 0 Å². The largest absolute Gasteiger partial charge is 0.378 e. The maximum absolute atomic E-state index is 6.09. The smallest absolute Gasteiger partial charge is 0.147 e. The van der Waals surface area contributed by atoms with E-state index in [4.69, 9.17) is 9.72 Å². The molecule has 0 unspecified atom stereocenters. The van der Waals surface area contributed by atoms with Gasteiger partial charge in [0, 0.05) is 24.6 Å². The summed E-state index contributed by atoms with van der Waals surface area (Å²) in [4.78, 5) is 4.69. The Balaban J connectivity index is 1.50. The second-order valence-electron chi connectivity index (χ2n) is 7.63. The third kappa shape index (κ3) is 2.62. The van der Waals surface area contributed by atoms with Crippen LogP contribution in [-0.4, -0.2) is 33.5 Å². The molecule has 2 saturated carbocycles. The molecule has 1 aliphatic heterocycles. The molecule has 3 atom stereocenters. The summed E-state index contributed by atoms with van der Waals surface area (Å²) in [5, 5.41) is 8.51. The van der Waals surface area contributed by atoms with Crippen molar-refractivity contribution in [2.24, 2.45) is 5.41 Å². The molecule has 1 spiro atoms. The van der Waals surface area contributed by atoms with Crippen LogP contribution in [0.4, 0.5) is 0 Å². The molecule has 4 rings (SSSR count). The average molecular weight is 318 g/mol. The number of fused-ring (bicyclic) bond motifs is 1. The Bertz CT molecular complexity index is 549. The fourth-order valence-electron chi connectivity index (χ4n) is 5.17. The number of nitrogens with one attached hydrogen (secondary N) is 1. The van der Waals surface area contributed by atoms with Crippen molar-refractivity contribution in [1.82, 2.24) is 20.1 Å². The molecular formula is C18H30N4O. The van der Waals surface area contributed by atoms with E-state index in [9.17, 15) is 0 Å². The van der Waals surface area contributed by atoms with Gasteiger partial charge in [-0.25, -0.2) is 9.67 Å². The number of hydrogen-bond donors (Lipinski definition) is 1. The van der Waals surface area contributed by atoms with Gasteiger partial charge < -0.3 is 10.1 Å². The third-order valence-corrected chi connectivity index (χ3v) is 6.32. The molecule has 0 saturated heterocycles. The van der Waals surface area contributed by atoms with Crippen molar-refractivity contribution in [3.8, 4) is 0 Å². The number of hydrogen-bond acceptors (Lipinski definition) is 4. The summed E-state index contributed by atoms with van der Waals surface area (Å²) in [6.45, 7) is 5.99. The topological polar surface area (TPSA) is 52.0 Å². The molecule has 3 aliphatic rings. The van der Waals surface area contributed by atoms with Gasteiger partial charge in [-0.3, -0.25) is 0 Å². The number of aromatic nitrogens is 3. The van der Waals surface area contributed by atoms with Crippen LogP contribution in [-0.2, 0) is 11.3 Å². The zero-order chi connectivity index (χ0) is 15.9. The van der Waals surface area contributed by atoms with Gasteiger partial charge in [-0.05, 0) is 46.0 Å². The minimum Gasteiger partial charge on any atom is -0.378 e. The Kier molecular flexibility index (Phi) is 4.18. The van der Waals surface area contributed by atoms with E-state index in [1.807, 2.05) is 6.92 Å². The highest BCUT2D eigenvalue weighted by atomic mass is 16.5. The number of ether oxygens (including phenoxy) is 1. The summed E-state index contributed by atoms with van der Waals surface area (Å²) in [6, 6.07) is 0.962. The minimum atomic E-state index is 0.372. The van der Waals surface area contributed by atoms with Crippen LogP contribution in [0.25, 0.3) is 0 Å². The van der Waals surface area contributed by atoms with Gasteiger partial charge in [0.25, 0.3) is 0 Å². The standard InChI is InChI=1S/C18H30N4O/c1-3-23-16-12-15(18(16)9-5-4-6-10-18)20-14-8-7-11-22-17(14)19-13(2)21-22/h14-16,20H,3-12H2,1-2H3/t14-,15+,16+/m0/s1.